The molecule has 46 heavy (non-hydrogen) atoms. The van der Waals surface area contributed by atoms with Crippen molar-refractivity contribution in [3.05, 3.63) is 11.6 Å². The average molecular weight is 651 g/mol. The van der Waals surface area contributed by atoms with Gasteiger partial charge in [0.15, 0.2) is 6.29 Å². The van der Waals surface area contributed by atoms with Gasteiger partial charge >= 0.3 is 5.97 Å². The summed E-state index contributed by atoms with van der Waals surface area (Å²) in [6.45, 7) is 8.84. The number of esters is 1. The minimum atomic E-state index is -0.994. The van der Waals surface area contributed by atoms with Gasteiger partial charge in [-0.25, -0.2) is 14.6 Å². The lowest BCUT2D eigenvalue weighted by molar-refractivity contribution is -0.404. The topological polar surface area (TPSA) is 153 Å². The van der Waals surface area contributed by atoms with E-state index in [2.05, 4.69) is 6.92 Å². The summed E-state index contributed by atoms with van der Waals surface area (Å²) in [5.74, 6) is 0.260. The SMILES string of the molecule is CC1O[C@H](OC2C(C)OCC[C@H]2O)C[C@@H](O)C1OO[C@H]1CC[C@@]2(C)[C@H](CC[C@@H]3[C@@H]2C[C@@H](O)[C@]2(C)[C@@H](C4=CC(=O)OC4)CC[C@]32O)C1. The number of aliphatic hydroxyl groups excluding tert-OH is 3. The molecule has 0 aromatic heterocycles. The van der Waals surface area contributed by atoms with E-state index in [0.29, 0.717) is 31.8 Å². The lowest BCUT2D eigenvalue weighted by Gasteiger charge is -2.65. The van der Waals surface area contributed by atoms with Crippen molar-refractivity contribution >= 4 is 5.97 Å². The zero-order valence-corrected chi connectivity index (χ0v) is 27.7. The van der Waals surface area contributed by atoms with Crippen LogP contribution >= 0.6 is 0 Å². The van der Waals surface area contributed by atoms with Gasteiger partial charge in [-0.2, -0.15) is 0 Å². The van der Waals surface area contributed by atoms with Gasteiger partial charge in [0.1, 0.15) is 18.8 Å². The molecule has 11 heteroatoms. The minimum absolute atomic E-state index is 0.0412. The Morgan fingerprint density at radius 1 is 0.870 bits per heavy atom. The van der Waals surface area contributed by atoms with E-state index in [9.17, 15) is 25.2 Å². The monoisotopic (exact) mass is 650 g/mol. The Bertz CT molecular complexity index is 1160. The van der Waals surface area contributed by atoms with Gasteiger partial charge in [0.05, 0.1) is 42.2 Å². The van der Waals surface area contributed by atoms with Gasteiger partial charge in [-0.3, -0.25) is 0 Å². The second-order valence-electron chi connectivity index (χ2n) is 16.0. The molecule has 2 saturated heterocycles. The molecule has 260 valence electrons. The van der Waals surface area contributed by atoms with Crippen LogP contribution in [0, 0.1) is 34.5 Å². The molecular weight excluding hydrogens is 596 g/mol. The molecule has 7 rings (SSSR count). The maximum Gasteiger partial charge on any atom is 0.331 e. The normalized spacial score (nSPS) is 54.0. The number of ether oxygens (including phenoxy) is 4. The van der Waals surface area contributed by atoms with E-state index in [1.165, 1.54) is 0 Å². The van der Waals surface area contributed by atoms with Crippen LogP contribution in [0.3, 0.4) is 0 Å². The molecular formula is C35H54O11. The fraction of sp³-hybridized carbons (Fsp3) is 0.914. The van der Waals surface area contributed by atoms with Gasteiger partial charge in [0, 0.05) is 24.5 Å². The van der Waals surface area contributed by atoms with Gasteiger partial charge < -0.3 is 39.4 Å². The van der Waals surface area contributed by atoms with Crippen LogP contribution in [0.5, 0.6) is 0 Å². The van der Waals surface area contributed by atoms with Crippen molar-refractivity contribution in [2.75, 3.05) is 13.2 Å². The third kappa shape index (κ3) is 5.31. The highest BCUT2D eigenvalue weighted by Crippen LogP contribution is 2.70. The third-order valence-electron chi connectivity index (χ3n) is 13.9. The zero-order valence-electron chi connectivity index (χ0n) is 27.7. The maximum atomic E-state index is 12.5. The first-order chi connectivity index (χ1) is 21.8. The molecule has 11 nitrogen and oxygen atoms in total. The molecule has 4 saturated carbocycles. The standard InChI is InChI=1S/C35H54O11/c1-18-31(26(36)9-12-41-18)44-30-16-27(37)32(19(2)43-30)46-45-22-7-10-33(3)21(14-22)5-6-24-25(33)15-28(38)34(4)23(8-11-35(24,34)40)20-13-29(39)42-17-20/h13,18-19,21-28,30-32,36-38,40H,5-12,14-17H2,1-4H3/t18?,19?,21-,22+,23-,24-,25+,26-,27-,28-,30-,31?,32?,33+,34+,35+/m1/s1. The predicted molar refractivity (Wildman–Crippen MR) is 163 cm³/mol. The second kappa shape index (κ2) is 12.3. The fourth-order valence-electron chi connectivity index (χ4n) is 11.1. The van der Waals surface area contributed by atoms with Crippen molar-refractivity contribution in [2.24, 2.45) is 34.5 Å². The van der Waals surface area contributed by atoms with Crippen molar-refractivity contribution in [3.8, 4) is 0 Å². The molecule has 4 unspecified atom stereocenters. The summed E-state index contributed by atoms with van der Waals surface area (Å²) in [6, 6.07) is 0. The summed E-state index contributed by atoms with van der Waals surface area (Å²) in [5, 5.41) is 45.6. The molecule has 0 bridgehead atoms. The number of cyclic esters (lactones) is 1. The minimum Gasteiger partial charge on any atom is -0.458 e. The number of carbonyl (C=O) groups is 1. The lowest BCUT2D eigenvalue weighted by Crippen LogP contribution is -2.67. The maximum absolute atomic E-state index is 12.5. The largest absolute Gasteiger partial charge is 0.458 e. The Labute approximate surface area is 271 Å². The van der Waals surface area contributed by atoms with E-state index >= 15 is 0 Å². The first kappa shape index (κ1) is 33.4. The van der Waals surface area contributed by atoms with E-state index in [1.807, 2.05) is 20.8 Å². The Kier molecular flexibility index (Phi) is 8.93. The summed E-state index contributed by atoms with van der Waals surface area (Å²) in [7, 11) is 0. The molecule has 6 fully saturated rings. The number of hydrogen-bond donors (Lipinski definition) is 4. The third-order valence-corrected chi connectivity index (χ3v) is 13.9. The number of fused-ring (bicyclic) bond motifs is 5. The highest BCUT2D eigenvalue weighted by molar-refractivity contribution is 5.85. The van der Waals surface area contributed by atoms with Gasteiger partial charge in [-0.05, 0) is 106 Å². The Balaban J connectivity index is 0.961. The van der Waals surface area contributed by atoms with Crippen LogP contribution in [0.25, 0.3) is 0 Å². The van der Waals surface area contributed by atoms with Crippen molar-refractivity contribution < 1.29 is 53.9 Å². The second-order valence-corrected chi connectivity index (χ2v) is 16.0. The van der Waals surface area contributed by atoms with Crippen molar-refractivity contribution in [3.63, 3.8) is 0 Å². The first-order valence-corrected chi connectivity index (χ1v) is 17.7. The van der Waals surface area contributed by atoms with Gasteiger partial charge in [-0.1, -0.05) is 13.8 Å². The molecule has 16 atom stereocenters. The highest BCUT2D eigenvalue weighted by Gasteiger charge is 2.70. The van der Waals surface area contributed by atoms with Gasteiger partial charge in [-0.15, -0.1) is 0 Å². The number of carbonyl (C=O) groups excluding carboxylic acids is 1. The van der Waals surface area contributed by atoms with Crippen LogP contribution in [0.15, 0.2) is 11.6 Å². The first-order valence-electron chi connectivity index (χ1n) is 17.7. The molecule has 0 radical (unpaired) electrons. The molecule has 3 aliphatic heterocycles. The summed E-state index contributed by atoms with van der Waals surface area (Å²) in [4.78, 5) is 23.8. The quantitative estimate of drug-likeness (QED) is 0.191. The molecule has 0 aromatic carbocycles. The van der Waals surface area contributed by atoms with Crippen molar-refractivity contribution in [1.29, 1.82) is 0 Å². The molecule has 0 spiro atoms. The van der Waals surface area contributed by atoms with Crippen LogP contribution in [0.1, 0.15) is 91.9 Å². The molecule has 3 heterocycles. The van der Waals surface area contributed by atoms with Gasteiger partial charge in [0.2, 0.25) is 0 Å². The van der Waals surface area contributed by atoms with Crippen LogP contribution in [0.4, 0.5) is 0 Å². The van der Waals surface area contributed by atoms with Crippen LogP contribution in [-0.4, -0.2) is 100 Å². The zero-order chi connectivity index (χ0) is 32.6. The smallest absolute Gasteiger partial charge is 0.331 e. The van der Waals surface area contributed by atoms with E-state index in [1.54, 1.807) is 6.08 Å². The number of aliphatic hydroxyl groups is 4. The molecule has 4 N–H and O–H groups in total. The Morgan fingerprint density at radius 2 is 1.67 bits per heavy atom. The van der Waals surface area contributed by atoms with Crippen LogP contribution in [0.2, 0.25) is 0 Å². The molecule has 7 aliphatic rings. The Hall–Kier alpha value is -1.15. The summed E-state index contributed by atoms with van der Waals surface area (Å²) in [6.07, 6.45) is 3.80. The molecule has 0 aromatic rings. The fourth-order valence-corrected chi connectivity index (χ4v) is 11.1. The number of rotatable bonds is 6. The van der Waals surface area contributed by atoms with Gasteiger partial charge in [0.25, 0.3) is 0 Å². The number of hydrogen-bond acceptors (Lipinski definition) is 11. The summed E-state index contributed by atoms with van der Waals surface area (Å²) < 4.78 is 22.9. The highest BCUT2D eigenvalue weighted by atomic mass is 17.2. The molecule has 4 aliphatic carbocycles. The Morgan fingerprint density at radius 3 is 2.39 bits per heavy atom. The van der Waals surface area contributed by atoms with E-state index in [4.69, 9.17) is 28.7 Å². The van der Waals surface area contributed by atoms with Crippen molar-refractivity contribution in [1.82, 2.24) is 0 Å². The van der Waals surface area contributed by atoms with Crippen LogP contribution in [-0.2, 0) is 33.5 Å². The lowest BCUT2D eigenvalue weighted by atomic mass is 9.42. The van der Waals surface area contributed by atoms with E-state index in [-0.39, 0.29) is 54.4 Å². The van der Waals surface area contributed by atoms with E-state index < -0.39 is 53.9 Å². The summed E-state index contributed by atoms with van der Waals surface area (Å²) in [5.41, 5.74) is -0.833. The predicted octanol–water partition coefficient (Wildman–Crippen LogP) is 2.95. The average Bonchev–Trinajstić information content (AvgIpc) is 3.56. The van der Waals surface area contributed by atoms with Crippen LogP contribution < -0.4 is 0 Å². The van der Waals surface area contributed by atoms with E-state index in [0.717, 1.165) is 44.1 Å². The van der Waals surface area contributed by atoms with Crippen molar-refractivity contribution in [2.45, 2.75) is 153 Å². The summed E-state index contributed by atoms with van der Waals surface area (Å²) >= 11 is 0. The molecule has 0 amide bonds.